The zero-order valence-electron chi connectivity index (χ0n) is 16.4. The maximum atomic E-state index is 12.9. The van der Waals surface area contributed by atoms with Gasteiger partial charge in [-0.25, -0.2) is 4.79 Å². The fraction of sp³-hybridized carbons (Fsp3) is 0. The van der Waals surface area contributed by atoms with Crippen LogP contribution in [0.15, 0.2) is 92.5 Å². The molecule has 0 saturated carbocycles. The highest BCUT2D eigenvalue weighted by atomic mass is 16.6. The smallest absolute Gasteiger partial charge is 0.349 e. The van der Waals surface area contributed by atoms with Crippen molar-refractivity contribution >= 4 is 39.2 Å². The number of hydrogen-bond donors (Lipinski definition) is 1. The topological polar surface area (TPSA) is 116 Å². The molecule has 0 aliphatic heterocycles. The lowest BCUT2D eigenvalue weighted by Crippen LogP contribution is -2.13. The molecular weight excluding hydrogens is 412 g/mol. The number of hydrogen-bond acceptors (Lipinski definition) is 6. The summed E-state index contributed by atoms with van der Waals surface area (Å²) in [7, 11) is 0. The van der Waals surface area contributed by atoms with Crippen LogP contribution >= 0.6 is 0 Å². The molecule has 0 aliphatic rings. The van der Waals surface area contributed by atoms with Crippen LogP contribution in [0.1, 0.15) is 10.4 Å². The van der Waals surface area contributed by atoms with Gasteiger partial charge in [0.05, 0.1) is 10.3 Å². The number of anilines is 1. The second-order valence-electron chi connectivity index (χ2n) is 7.02. The summed E-state index contributed by atoms with van der Waals surface area (Å²) < 4.78 is 11.5. The molecule has 2 heterocycles. The van der Waals surface area contributed by atoms with Crippen LogP contribution in [0.25, 0.3) is 33.3 Å². The molecule has 5 aromatic rings. The fourth-order valence-corrected chi connectivity index (χ4v) is 3.54. The number of rotatable bonds is 4. The summed E-state index contributed by atoms with van der Waals surface area (Å²) in [5.74, 6) is -0.244. The van der Waals surface area contributed by atoms with Gasteiger partial charge < -0.3 is 14.2 Å². The molecule has 0 atom stereocenters. The van der Waals surface area contributed by atoms with E-state index in [9.17, 15) is 19.7 Å². The summed E-state index contributed by atoms with van der Waals surface area (Å²) in [4.78, 5) is 36.2. The van der Waals surface area contributed by atoms with Crippen LogP contribution < -0.4 is 10.9 Å². The number of nitrogens with one attached hydrogen (secondary N) is 1. The third kappa shape index (κ3) is 3.20. The van der Waals surface area contributed by atoms with Crippen molar-refractivity contribution in [3.63, 3.8) is 0 Å². The van der Waals surface area contributed by atoms with E-state index in [1.807, 2.05) is 0 Å². The predicted molar refractivity (Wildman–Crippen MR) is 119 cm³/mol. The molecule has 0 spiro atoms. The number of furan rings is 1. The number of nitrogens with zero attached hydrogens (tertiary/aromatic N) is 1. The van der Waals surface area contributed by atoms with E-state index >= 15 is 0 Å². The standard InChI is InChI=1S/C24H14N2O6/c27-23(15-6-2-1-3-7-15)25-20-19-22(17-8-4-5-9-18(17)31-24(19)28)32-21(20)14-10-12-16(13-11-14)26(29)30/h1-13H,(H,25,27). The van der Waals surface area contributed by atoms with Crippen molar-refractivity contribution in [3.8, 4) is 11.3 Å². The Kier molecular flexibility index (Phi) is 4.52. The number of nitro groups is 1. The first-order valence-corrected chi connectivity index (χ1v) is 9.62. The lowest BCUT2D eigenvalue weighted by molar-refractivity contribution is -0.384. The largest absolute Gasteiger partial charge is 0.453 e. The first-order chi connectivity index (χ1) is 15.5. The Labute approximate surface area is 179 Å². The van der Waals surface area contributed by atoms with E-state index < -0.39 is 16.5 Å². The summed E-state index contributed by atoms with van der Waals surface area (Å²) in [6, 6.07) is 21.1. The SMILES string of the molecule is O=C(Nc1c(-c2ccc([N+](=O)[O-])cc2)oc2c1c(=O)oc1ccccc12)c1ccccc1. The van der Waals surface area contributed by atoms with Gasteiger partial charge >= 0.3 is 5.63 Å². The van der Waals surface area contributed by atoms with Gasteiger partial charge in [-0.2, -0.15) is 0 Å². The third-order valence-electron chi connectivity index (χ3n) is 5.06. The molecule has 8 heteroatoms. The minimum atomic E-state index is -0.668. The summed E-state index contributed by atoms with van der Waals surface area (Å²) in [5, 5.41) is 14.4. The average Bonchev–Trinajstić information content (AvgIpc) is 3.20. The normalized spacial score (nSPS) is 11.0. The van der Waals surface area contributed by atoms with Gasteiger partial charge in [0.2, 0.25) is 0 Å². The van der Waals surface area contributed by atoms with Crippen molar-refractivity contribution in [2.45, 2.75) is 0 Å². The molecule has 3 aromatic carbocycles. The van der Waals surface area contributed by atoms with Crippen LogP contribution in [0, 0.1) is 10.1 Å². The van der Waals surface area contributed by atoms with Crippen molar-refractivity contribution in [1.29, 1.82) is 0 Å². The monoisotopic (exact) mass is 426 g/mol. The Balaban J connectivity index is 1.76. The van der Waals surface area contributed by atoms with Gasteiger partial charge in [0, 0.05) is 23.3 Å². The van der Waals surface area contributed by atoms with Crippen molar-refractivity contribution in [1.82, 2.24) is 0 Å². The molecule has 5 rings (SSSR count). The van der Waals surface area contributed by atoms with Gasteiger partial charge in [-0.15, -0.1) is 0 Å². The van der Waals surface area contributed by atoms with E-state index in [2.05, 4.69) is 5.32 Å². The Bertz CT molecular complexity index is 1550. The molecule has 0 saturated heterocycles. The molecule has 32 heavy (non-hydrogen) atoms. The van der Waals surface area contributed by atoms with E-state index in [0.29, 0.717) is 22.1 Å². The number of carbonyl (C=O) groups is 1. The second-order valence-corrected chi connectivity index (χ2v) is 7.02. The lowest BCUT2D eigenvalue weighted by atomic mass is 10.1. The van der Waals surface area contributed by atoms with Crippen LogP contribution in [0.4, 0.5) is 11.4 Å². The zero-order valence-corrected chi connectivity index (χ0v) is 16.4. The molecular formula is C24H14N2O6. The molecule has 2 aromatic heterocycles. The zero-order chi connectivity index (χ0) is 22.2. The first-order valence-electron chi connectivity index (χ1n) is 9.62. The average molecular weight is 426 g/mol. The Morgan fingerprint density at radius 3 is 2.28 bits per heavy atom. The van der Waals surface area contributed by atoms with Crippen LogP contribution in [-0.4, -0.2) is 10.8 Å². The van der Waals surface area contributed by atoms with Crippen LogP contribution in [0.3, 0.4) is 0 Å². The maximum Gasteiger partial charge on any atom is 0.349 e. The van der Waals surface area contributed by atoms with E-state index in [4.69, 9.17) is 8.83 Å². The summed E-state index contributed by atoms with van der Waals surface area (Å²) in [6.07, 6.45) is 0. The minimum Gasteiger partial charge on any atom is -0.453 e. The summed E-state index contributed by atoms with van der Waals surface area (Å²) >= 11 is 0. The van der Waals surface area contributed by atoms with Gasteiger partial charge in [-0.05, 0) is 36.4 Å². The number of fused-ring (bicyclic) bond motifs is 3. The van der Waals surface area contributed by atoms with Crippen molar-refractivity contribution in [2.24, 2.45) is 0 Å². The number of para-hydroxylation sites is 1. The highest BCUT2D eigenvalue weighted by Gasteiger charge is 2.24. The van der Waals surface area contributed by atoms with Crippen molar-refractivity contribution < 1.29 is 18.6 Å². The van der Waals surface area contributed by atoms with E-state index in [-0.39, 0.29) is 28.1 Å². The van der Waals surface area contributed by atoms with Crippen LogP contribution in [0.2, 0.25) is 0 Å². The Morgan fingerprint density at radius 1 is 0.875 bits per heavy atom. The molecule has 0 aliphatic carbocycles. The number of non-ortho nitro benzene ring substituents is 1. The number of carbonyl (C=O) groups excluding carboxylic acids is 1. The fourth-order valence-electron chi connectivity index (χ4n) is 3.54. The minimum absolute atomic E-state index is 0.0846. The van der Waals surface area contributed by atoms with Gasteiger partial charge in [0.25, 0.3) is 11.6 Å². The second kappa shape index (κ2) is 7.51. The first kappa shape index (κ1) is 19.3. The lowest BCUT2D eigenvalue weighted by Gasteiger charge is -2.06. The Hall–Kier alpha value is -4.72. The van der Waals surface area contributed by atoms with Gasteiger partial charge in [-0.3, -0.25) is 14.9 Å². The number of amides is 1. The van der Waals surface area contributed by atoms with E-state index in [1.54, 1.807) is 54.6 Å². The quantitative estimate of drug-likeness (QED) is 0.235. The van der Waals surface area contributed by atoms with E-state index in [1.165, 1.54) is 24.3 Å². The van der Waals surface area contributed by atoms with Gasteiger partial charge in [-0.1, -0.05) is 30.3 Å². The molecule has 0 fully saturated rings. The molecule has 1 amide bonds. The van der Waals surface area contributed by atoms with Crippen molar-refractivity contribution in [3.05, 3.63) is 105 Å². The third-order valence-corrected chi connectivity index (χ3v) is 5.06. The molecule has 1 N–H and O–H groups in total. The molecule has 0 unspecified atom stereocenters. The maximum absolute atomic E-state index is 12.9. The Morgan fingerprint density at radius 2 is 1.56 bits per heavy atom. The van der Waals surface area contributed by atoms with Gasteiger partial charge in [0.15, 0.2) is 11.3 Å². The summed E-state index contributed by atoms with van der Waals surface area (Å²) in [5.41, 5.74) is 0.828. The highest BCUT2D eigenvalue weighted by Crippen LogP contribution is 2.40. The molecule has 8 nitrogen and oxygen atoms in total. The molecule has 0 bridgehead atoms. The highest BCUT2D eigenvalue weighted by molar-refractivity contribution is 6.15. The summed E-state index contributed by atoms with van der Waals surface area (Å²) in [6.45, 7) is 0. The van der Waals surface area contributed by atoms with Crippen LogP contribution in [0.5, 0.6) is 0 Å². The molecule has 0 radical (unpaired) electrons. The van der Waals surface area contributed by atoms with Crippen LogP contribution in [-0.2, 0) is 0 Å². The number of benzene rings is 3. The number of nitro benzene ring substituents is 1. The van der Waals surface area contributed by atoms with Gasteiger partial charge in [0.1, 0.15) is 16.7 Å². The van der Waals surface area contributed by atoms with E-state index in [0.717, 1.165) is 0 Å². The molecule has 156 valence electrons. The van der Waals surface area contributed by atoms with Crippen molar-refractivity contribution in [2.75, 3.05) is 5.32 Å². The predicted octanol–water partition coefficient (Wildman–Crippen LogP) is 5.37.